The Morgan fingerprint density at radius 1 is 1.19 bits per heavy atom. The lowest BCUT2D eigenvalue weighted by atomic mass is 9.90. The van der Waals surface area contributed by atoms with Gasteiger partial charge in [0.15, 0.2) is 0 Å². The minimum atomic E-state index is -4.88. The van der Waals surface area contributed by atoms with Gasteiger partial charge in [0.1, 0.15) is 11.9 Å². The van der Waals surface area contributed by atoms with Crippen molar-refractivity contribution >= 4 is 5.91 Å². The van der Waals surface area contributed by atoms with Crippen molar-refractivity contribution in [3.05, 3.63) is 53.6 Å². The van der Waals surface area contributed by atoms with E-state index in [1.54, 1.807) is 32.2 Å². The fourth-order valence-electron chi connectivity index (χ4n) is 3.40. The average Bonchev–Trinajstić information content (AvgIpc) is 2.85. The summed E-state index contributed by atoms with van der Waals surface area (Å²) in [4.78, 5) is 12.8. The fraction of sp³-hybridized carbons (Fsp3) is 0.350. The van der Waals surface area contributed by atoms with E-state index in [1.807, 2.05) is 0 Å². The van der Waals surface area contributed by atoms with Crippen LogP contribution < -0.4 is 4.74 Å². The van der Waals surface area contributed by atoms with Crippen molar-refractivity contribution < 1.29 is 27.8 Å². The molecule has 2 aromatic rings. The van der Waals surface area contributed by atoms with Crippen LogP contribution in [0.1, 0.15) is 25.0 Å². The number of fused-ring (bicyclic) bond motifs is 3. The average molecular weight is 379 g/mol. The number of amides is 1. The monoisotopic (exact) mass is 379 g/mol. The maximum absolute atomic E-state index is 13.8. The zero-order valence-electron chi connectivity index (χ0n) is 15.2. The molecule has 144 valence electrons. The number of halogens is 3. The Morgan fingerprint density at radius 2 is 1.81 bits per heavy atom. The number of aliphatic hydroxyl groups is 1. The molecule has 0 saturated heterocycles. The van der Waals surface area contributed by atoms with Crippen LogP contribution in [0.3, 0.4) is 0 Å². The summed E-state index contributed by atoms with van der Waals surface area (Å²) in [6, 6.07) is 10.3. The second kappa shape index (κ2) is 6.56. The first kappa shape index (κ1) is 19.2. The molecule has 1 aliphatic carbocycles. The van der Waals surface area contributed by atoms with Gasteiger partial charge in [0.2, 0.25) is 11.5 Å². The molecule has 0 heterocycles. The van der Waals surface area contributed by atoms with Crippen molar-refractivity contribution in [2.75, 3.05) is 13.6 Å². The van der Waals surface area contributed by atoms with Crippen LogP contribution in [0.25, 0.3) is 11.1 Å². The largest absolute Gasteiger partial charge is 0.489 e. The Labute approximate surface area is 155 Å². The van der Waals surface area contributed by atoms with E-state index in [2.05, 4.69) is 0 Å². The summed E-state index contributed by atoms with van der Waals surface area (Å²) in [5.74, 6) is 0.0648. The number of carbonyl (C=O) groups excluding carboxylic acids is 1. The zero-order chi connectivity index (χ0) is 20.0. The second-order valence-electron chi connectivity index (χ2n) is 6.79. The van der Waals surface area contributed by atoms with Crippen molar-refractivity contribution in [1.82, 2.24) is 4.90 Å². The Balaban J connectivity index is 1.98. The molecular formula is C20H20F3NO3. The quantitative estimate of drug-likeness (QED) is 0.881. The van der Waals surface area contributed by atoms with E-state index in [0.29, 0.717) is 11.1 Å². The van der Waals surface area contributed by atoms with Crippen LogP contribution in [0.5, 0.6) is 5.75 Å². The van der Waals surface area contributed by atoms with Crippen molar-refractivity contribution in [3.63, 3.8) is 0 Å². The highest BCUT2D eigenvalue weighted by molar-refractivity contribution is 5.81. The summed E-state index contributed by atoms with van der Waals surface area (Å²) in [6.45, 7) is 3.43. The minimum Gasteiger partial charge on any atom is -0.489 e. The highest BCUT2D eigenvalue weighted by atomic mass is 19.4. The van der Waals surface area contributed by atoms with Gasteiger partial charge in [-0.2, -0.15) is 13.2 Å². The van der Waals surface area contributed by atoms with Crippen molar-refractivity contribution in [2.24, 2.45) is 0 Å². The van der Waals surface area contributed by atoms with Gasteiger partial charge in [-0.25, -0.2) is 0 Å². The number of alkyl halides is 3. The number of hydrogen-bond donors (Lipinski definition) is 1. The smallest absolute Gasteiger partial charge is 0.425 e. The Morgan fingerprint density at radius 3 is 2.44 bits per heavy atom. The molecule has 1 amide bonds. The molecule has 4 nitrogen and oxygen atoms in total. The maximum atomic E-state index is 13.8. The molecule has 0 aliphatic heterocycles. The third-order valence-corrected chi connectivity index (χ3v) is 4.80. The second-order valence-corrected chi connectivity index (χ2v) is 6.79. The molecular weight excluding hydrogens is 359 g/mol. The first-order valence-corrected chi connectivity index (χ1v) is 8.47. The Kier molecular flexibility index (Phi) is 4.67. The number of benzene rings is 2. The normalized spacial score (nSPS) is 19.2. The predicted molar refractivity (Wildman–Crippen MR) is 94.3 cm³/mol. The zero-order valence-corrected chi connectivity index (χ0v) is 15.2. The lowest BCUT2D eigenvalue weighted by Gasteiger charge is -2.29. The SMILES string of the molecule is CC(=O)N(C)CC(C)Oc1ccc2c(c1)C(O)(C(F)(F)F)c1ccccc1-2. The number of ether oxygens (including phenoxy) is 1. The molecule has 0 fully saturated rings. The standard InChI is InChI=1S/C20H20F3NO3/c1-12(11-24(3)13(2)25)27-14-8-9-16-15-6-4-5-7-17(15)19(26,18(16)10-14)20(21,22)23/h4-10,12,26H,11H2,1-3H3. The van der Waals surface area contributed by atoms with Gasteiger partial charge in [0, 0.05) is 25.1 Å². The molecule has 1 N–H and O–H groups in total. The number of hydrogen-bond acceptors (Lipinski definition) is 3. The van der Waals surface area contributed by atoms with Gasteiger partial charge < -0.3 is 14.7 Å². The Bertz CT molecular complexity index is 881. The first-order valence-electron chi connectivity index (χ1n) is 8.47. The Hall–Kier alpha value is -2.54. The van der Waals surface area contributed by atoms with Gasteiger partial charge in [0.05, 0.1) is 6.54 Å². The van der Waals surface area contributed by atoms with Crippen LogP contribution in [-0.4, -0.2) is 41.8 Å². The van der Waals surface area contributed by atoms with Crippen LogP contribution in [0.15, 0.2) is 42.5 Å². The molecule has 2 atom stereocenters. The summed E-state index contributed by atoms with van der Waals surface area (Å²) in [5.41, 5.74) is -2.85. The fourth-order valence-corrected chi connectivity index (χ4v) is 3.40. The van der Waals surface area contributed by atoms with E-state index in [1.165, 1.54) is 36.1 Å². The summed E-state index contributed by atoms with van der Waals surface area (Å²) in [7, 11) is 1.62. The van der Waals surface area contributed by atoms with E-state index in [4.69, 9.17) is 4.74 Å². The van der Waals surface area contributed by atoms with E-state index < -0.39 is 17.9 Å². The number of nitrogens with zero attached hydrogens (tertiary/aromatic N) is 1. The van der Waals surface area contributed by atoms with Gasteiger partial charge in [-0.3, -0.25) is 4.79 Å². The molecule has 0 saturated carbocycles. The third kappa shape index (κ3) is 3.16. The summed E-state index contributed by atoms with van der Waals surface area (Å²) < 4.78 is 47.2. The van der Waals surface area contributed by atoms with Crippen molar-refractivity contribution in [2.45, 2.75) is 31.7 Å². The lowest BCUT2D eigenvalue weighted by molar-refractivity contribution is -0.246. The van der Waals surface area contributed by atoms with E-state index in [0.717, 1.165) is 0 Å². The maximum Gasteiger partial charge on any atom is 0.425 e. The molecule has 3 rings (SSSR count). The molecule has 2 unspecified atom stereocenters. The topological polar surface area (TPSA) is 49.8 Å². The minimum absolute atomic E-state index is 0.138. The summed E-state index contributed by atoms with van der Waals surface area (Å²) in [6.07, 6.45) is -5.31. The first-order chi connectivity index (χ1) is 12.6. The number of carbonyl (C=O) groups is 1. The third-order valence-electron chi connectivity index (χ3n) is 4.80. The molecule has 27 heavy (non-hydrogen) atoms. The van der Waals surface area contributed by atoms with E-state index in [9.17, 15) is 23.1 Å². The predicted octanol–water partition coefficient (Wildman–Crippen LogP) is 3.71. The van der Waals surface area contributed by atoms with Crippen molar-refractivity contribution in [3.8, 4) is 16.9 Å². The summed E-state index contributed by atoms with van der Waals surface area (Å²) in [5, 5.41) is 10.7. The van der Waals surface area contributed by atoms with Crippen molar-refractivity contribution in [1.29, 1.82) is 0 Å². The van der Waals surface area contributed by atoms with Gasteiger partial charge in [-0.1, -0.05) is 30.3 Å². The van der Waals surface area contributed by atoms with Crippen LogP contribution in [-0.2, 0) is 10.4 Å². The number of rotatable bonds is 4. The van der Waals surface area contributed by atoms with Gasteiger partial charge in [-0.15, -0.1) is 0 Å². The van der Waals surface area contributed by atoms with Crippen LogP contribution in [0.2, 0.25) is 0 Å². The van der Waals surface area contributed by atoms with Gasteiger partial charge in [0.25, 0.3) is 0 Å². The van der Waals surface area contributed by atoms with Gasteiger partial charge in [-0.05, 0) is 30.2 Å². The molecule has 0 radical (unpaired) electrons. The highest BCUT2D eigenvalue weighted by Crippen LogP contribution is 2.55. The van der Waals surface area contributed by atoms with E-state index >= 15 is 0 Å². The molecule has 1 aliphatic rings. The molecule has 2 aromatic carbocycles. The highest BCUT2D eigenvalue weighted by Gasteiger charge is 2.60. The number of likely N-dealkylation sites (N-methyl/N-ethyl adjacent to an activating group) is 1. The molecule has 7 heteroatoms. The van der Waals surface area contributed by atoms with Crippen LogP contribution in [0, 0.1) is 0 Å². The van der Waals surface area contributed by atoms with Crippen LogP contribution >= 0.6 is 0 Å². The summed E-state index contributed by atoms with van der Waals surface area (Å²) >= 11 is 0. The molecule has 0 spiro atoms. The molecule has 0 bridgehead atoms. The lowest BCUT2D eigenvalue weighted by Crippen LogP contribution is -2.41. The van der Waals surface area contributed by atoms with Gasteiger partial charge >= 0.3 is 6.18 Å². The van der Waals surface area contributed by atoms with E-state index in [-0.39, 0.29) is 29.3 Å². The molecule has 0 aromatic heterocycles. The van der Waals surface area contributed by atoms with Crippen LogP contribution in [0.4, 0.5) is 13.2 Å².